The Kier molecular flexibility index (Phi) is 1.42. The number of hydrogen-bond acceptors (Lipinski definition) is 2. The van der Waals surface area contributed by atoms with Crippen LogP contribution >= 0.6 is 0 Å². The van der Waals surface area contributed by atoms with E-state index in [-0.39, 0.29) is 5.76 Å². The number of nitrogens with two attached hydrogens (primary N) is 1. The van der Waals surface area contributed by atoms with Gasteiger partial charge in [-0.15, -0.1) is 0 Å². The van der Waals surface area contributed by atoms with Gasteiger partial charge in [0, 0.05) is 11.6 Å². The van der Waals surface area contributed by atoms with E-state index in [1.165, 1.54) is 0 Å². The zero-order valence-electron chi connectivity index (χ0n) is 7.81. The highest BCUT2D eigenvalue weighted by Crippen LogP contribution is 2.31. The molecular formula is C11H8N2O2. The van der Waals surface area contributed by atoms with Gasteiger partial charge in [0.1, 0.15) is 0 Å². The van der Waals surface area contributed by atoms with Crippen LogP contribution in [0.3, 0.4) is 0 Å². The summed E-state index contributed by atoms with van der Waals surface area (Å²) in [4.78, 5) is 11.0. The number of rotatable bonds is 1. The van der Waals surface area contributed by atoms with Crippen molar-refractivity contribution in [2.24, 2.45) is 5.73 Å². The Balaban J connectivity index is 2.33. The number of aromatic nitrogens is 1. The maximum atomic E-state index is 11.0. The number of benzene rings is 1. The summed E-state index contributed by atoms with van der Waals surface area (Å²) in [6.45, 7) is 0. The van der Waals surface area contributed by atoms with E-state index in [1.807, 2.05) is 35.0 Å². The number of carbonyl (C=O) groups excluding carboxylic acids is 1. The van der Waals surface area contributed by atoms with Gasteiger partial charge < -0.3 is 15.0 Å². The van der Waals surface area contributed by atoms with Crippen molar-refractivity contribution in [1.29, 1.82) is 0 Å². The molecule has 4 nitrogen and oxygen atoms in total. The molecule has 0 saturated carbocycles. The first-order valence-electron chi connectivity index (χ1n) is 4.55. The summed E-state index contributed by atoms with van der Waals surface area (Å²) in [5, 5.41) is 1.08. The van der Waals surface area contributed by atoms with Gasteiger partial charge in [0.15, 0.2) is 5.75 Å². The van der Waals surface area contributed by atoms with Gasteiger partial charge in [-0.25, -0.2) is 0 Å². The van der Waals surface area contributed by atoms with Gasteiger partial charge in [-0.2, -0.15) is 0 Å². The fraction of sp³-hybridized carbons (Fsp3) is 0. The molecule has 0 bridgehead atoms. The van der Waals surface area contributed by atoms with Gasteiger partial charge >= 0.3 is 0 Å². The van der Waals surface area contributed by atoms with Gasteiger partial charge in [-0.3, -0.25) is 4.79 Å². The average Bonchev–Trinajstić information content (AvgIpc) is 2.64. The molecule has 0 saturated heterocycles. The molecular weight excluding hydrogens is 192 g/mol. The molecule has 2 aromatic rings. The van der Waals surface area contributed by atoms with Crippen LogP contribution in [0.4, 0.5) is 0 Å². The molecule has 4 heteroatoms. The molecule has 2 heterocycles. The smallest absolute Gasteiger partial charge is 0.286 e. The molecule has 74 valence electrons. The van der Waals surface area contributed by atoms with E-state index >= 15 is 0 Å². The fourth-order valence-electron chi connectivity index (χ4n) is 1.76. The number of para-hydroxylation sites is 1. The molecule has 1 aromatic carbocycles. The summed E-state index contributed by atoms with van der Waals surface area (Å²) in [6.07, 6.45) is 3.47. The number of amides is 1. The molecule has 0 atom stereocenters. The van der Waals surface area contributed by atoms with E-state index < -0.39 is 5.91 Å². The molecule has 0 fully saturated rings. The largest absolute Gasteiger partial charge is 0.448 e. The third-order valence-corrected chi connectivity index (χ3v) is 2.42. The second-order valence-corrected chi connectivity index (χ2v) is 3.38. The van der Waals surface area contributed by atoms with E-state index in [1.54, 1.807) is 6.20 Å². The van der Waals surface area contributed by atoms with E-state index in [2.05, 4.69) is 0 Å². The lowest BCUT2D eigenvalue weighted by Gasteiger charge is -2.15. The zero-order chi connectivity index (χ0) is 10.4. The van der Waals surface area contributed by atoms with Gasteiger partial charge in [-0.05, 0) is 12.1 Å². The monoisotopic (exact) mass is 200 g/mol. The van der Waals surface area contributed by atoms with Crippen LogP contribution in [-0.2, 0) is 4.79 Å². The van der Waals surface area contributed by atoms with Crippen LogP contribution in [0.25, 0.3) is 17.1 Å². The Bertz CT molecular complexity index is 596. The third-order valence-electron chi connectivity index (χ3n) is 2.42. The highest BCUT2D eigenvalue weighted by molar-refractivity contribution is 5.97. The summed E-state index contributed by atoms with van der Waals surface area (Å²) in [7, 11) is 0. The zero-order valence-corrected chi connectivity index (χ0v) is 7.81. The van der Waals surface area contributed by atoms with Crippen molar-refractivity contribution < 1.29 is 9.53 Å². The Morgan fingerprint density at radius 1 is 1.33 bits per heavy atom. The predicted octanol–water partition coefficient (Wildman–Crippen LogP) is 1.32. The van der Waals surface area contributed by atoms with E-state index in [4.69, 9.17) is 10.5 Å². The Morgan fingerprint density at radius 3 is 3.00 bits per heavy atom. The molecule has 0 aliphatic carbocycles. The summed E-state index contributed by atoms with van der Waals surface area (Å²) >= 11 is 0. The van der Waals surface area contributed by atoms with Crippen LogP contribution in [0.5, 0.6) is 5.75 Å². The Hall–Kier alpha value is -2.23. The number of ether oxygens (including phenoxy) is 1. The maximum Gasteiger partial charge on any atom is 0.286 e. The molecule has 1 aromatic heterocycles. The maximum absolute atomic E-state index is 11.0. The predicted molar refractivity (Wildman–Crippen MR) is 56.0 cm³/mol. The summed E-state index contributed by atoms with van der Waals surface area (Å²) in [6, 6.07) is 7.64. The highest BCUT2D eigenvalue weighted by Gasteiger charge is 2.17. The first-order valence-corrected chi connectivity index (χ1v) is 4.55. The van der Waals surface area contributed by atoms with Gasteiger partial charge in [-0.1, -0.05) is 12.1 Å². The second kappa shape index (κ2) is 2.63. The number of nitrogens with zero attached hydrogens (tertiary/aromatic N) is 1. The van der Waals surface area contributed by atoms with Gasteiger partial charge in [0.25, 0.3) is 5.91 Å². The number of primary amides is 1. The van der Waals surface area contributed by atoms with Crippen molar-refractivity contribution in [2.45, 2.75) is 0 Å². The molecule has 3 rings (SSSR count). The van der Waals surface area contributed by atoms with Crippen molar-refractivity contribution in [3.05, 3.63) is 36.2 Å². The Morgan fingerprint density at radius 2 is 2.20 bits per heavy atom. The molecule has 15 heavy (non-hydrogen) atoms. The van der Waals surface area contributed by atoms with Crippen molar-refractivity contribution >= 4 is 23.0 Å². The van der Waals surface area contributed by atoms with Crippen molar-refractivity contribution in [3.8, 4) is 5.75 Å². The second-order valence-electron chi connectivity index (χ2n) is 3.38. The molecule has 1 aliphatic heterocycles. The molecule has 0 radical (unpaired) electrons. The summed E-state index contributed by atoms with van der Waals surface area (Å²) in [5.41, 5.74) is 6.14. The normalized spacial score (nSPS) is 13.5. The van der Waals surface area contributed by atoms with Gasteiger partial charge in [0.2, 0.25) is 5.76 Å². The highest BCUT2D eigenvalue weighted by atomic mass is 16.5. The molecule has 0 spiro atoms. The standard InChI is InChI=1S/C11H8N2O2/c12-11(14)9-6-13-5-4-7-2-1-3-8(15-9)10(7)13/h1-6H,(H2,12,14). The van der Waals surface area contributed by atoms with Crippen LogP contribution in [-0.4, -0.2) is 10.5 Å². The molecule has 1 amide bonds. The number of hydrogen-bond donors (Lipinski definition) is 1. The topological polar surface area (TPSA) is 57.2 Å². The van der Waals surface area contributed by atoms with Crippen molar-refractivity contribution in [3.63, 3.8) is 0 Å². The first-order chi connectivity index (χ1) is 7.25. The van der Waals surface area contributed by atoms with E-state index in [0.717, 1.165) is 10.9 Å². The summed E-state index contributed by atoms with van der Waals surface area (Å²) < 4.78 is 7.23. The van der Waals surface area contributed by atoms with Crippen LogP contribution in [0.2, 0.25) is 0 Å². The summed E-state index contributed by atoms with van der Waals surface area (Å²) in [5.74, 6) is 0.256. The average molecular weight is 200 g/mol. The van der Waals surface area contributed by atoms with Crippen LogP contribution in [0.15, 0.2) is 36.2 Å². The molecule has 1 aliphatic rings. The molecule has 2 N–H and O–H groups in total. The fourth-order valence-corrected chi connectivity index (χ4v) is 1.76. The lowest BCUT2D eigenvalue weighted by atomic mass is 10.2. The lowest BCUT2D eigenvalue weighted by Crippen LogP contribution is -2.20. The minimum absolute atomic E-state index is 0.159. The minimum atomic E-state index is -0.564. The Labute approximate surface area is 85.5 Å². The lowest BCUT2D eigenvalue weighted by molar-refractivity contribution is -0.116. The molecule has 0 unspecified atom stereocenters. The first kappa shape index (κ1) is 8.11. The quantitative estimate of drug-likeness (QED) is 0.754. The number of carbonyl (C=O) groups is 1. The SMILES string of the molecule is NC(=O)C1=Cn2ccc3cccc(c32)O1. The van der Waals surface area contributed by atoms with Crippen LogP contribution in [0.1, 0.15) is 0 Å². The van der Waals surface area contributed by atoms with Crippen molar-refractivity contribution in [2.75, 3.05) is 0 Å². The minimum Gasteiger partial charge on any atom is -0.448 e. The van der Waals surface area contributed by atoms with Crippen LogP contribution in [0, 0.1) is 0 Å². The van der Waals surface area contributed by atoms with Crippen molar-refractivity contribution in [1.82, 2.24) is 4.57 Å². The van der Waals surface area contributed by atoms with Gasteiger partial charge in [0.05, 0.1) is 11.7 Å². The van der Waals surface area contributed by atoms with E-state index in [9.17, 15) is 4.79 Å². The third kappa shape index (κ3) is 1.05. The van der Waals surface area contributed by atoms with E-state index in [0.29, 0.717) is 5.75 Å². The van der Waals surface area contributed by atoms with Crippen LogP contribution < -0.4 is 10.5 Å².